The van der Waals surface area contributed by atoms with Gasteiger partial charge in [-0.3, -0.25) is 14.0 Å². The van der Waals surface area contributed by atoms with Crippen LogP contribution in [0.2, 0.25) is 0 Å². The van der Waals surface area contributed by atoms with Gasteiger partial charge in [-0.1, -0.05) is 23.5 Å². The molecule has 0 saturated carbocycles. The molecule has 33 heavy (non-hydrogen) atoms. The number of benzene rings is 1. The number of fused-ring (bicyclic) bond motifs is 1. The van der Waals surface area contributed by atoms with Crippen molar-refractivity contribution < 1.29 is 9.53 Å². The van der Waals surface area contributed by atoms with Gasteiger partial charge in [-0.05, 0) is 50.6 Å². The number of hydrogen-bond donors (Lipinski definition) is 0. The number of aromatic nitrogens is 3. The molecule has 0 spiro atoms. The summed E-state index contributed by atoms with van der Waals surface area (Å²) in [5.41, 5.74) is 3.27. The molecule has 0 bridgehead atoms. The van der Waals surface area contributed by atoms with E-state index in [-0.39, 0.29) is 12.2 Å². The summed E-state index contributed by atoms with van der Waals surface area (Å²) in [6.45, 7) is 6.55. The Morgan fingerprint density at radius 3 is 2.55 bits per heavy atom. The number of ether oxygens (including phenoxy) is 1. The Morgan fingerprint density at radius 2 is 1.94 bits per heavy atom. The highest BCUT2D eigenvalue weighted by atomic mass is 32.1. The SMILES string of the molecule is CCOC(=O)C1=C(C)N=c2sc(=Cc3ccn(CC)n3)c(=O)n2C1c1ccc(N(C)C)cc1. The maximum atomic E-state index is 13.6. The fourth-order valence-corrected chi connectivity index (χ4v) is 4.86. The van der Waals surface area contributed by atoms with Crippen molar-refractivity contribution in [2.45, 2.75) is 33.4 Å². The van der Waals surface area contributed by atoms with Crippen LogP contribution in [0.1, 0.15) is 38.1 Å². The normalized spacial score (nSPS) is 15.9. The Bertz CT molecular complexity index is 1390. The second-order valence-corrected chi connectivity index (χ2v) is 8.89. The molecule has 0 fully saturated rings. The molecular formula is C24H27N5O3S. The Hall–Kier alpha value is -3.46. The first-order valence-electron chi connectivity index (χ1n) is 10.8. The van der Waals surface area contributed by atoms with Crippen LogP contribution in [0.4, 0.5) is 5.69 Å². The Balaban J connectivity index is 1.91. The summed E-state index contributed by atoms with van der Waals surface area (Å²) in [6, 6.07) is 9.08. The van der Waals surface area contributed by atoms with E-state index in [0.29, 0.717) is 26.3 Å². The Morgan fingerprint density at radius 1 is 1.21 bits per heavy atom. The topological polar surface area (TPSA) is 81.7 Å². The third kappa shape index (κ3) is 4.28. The van der Waals surface area contributed by atoms with Crippen LogP contribution >= 0.6 is 11.3 Å². The minimum Gasteiger partial charge on any atom is -0.463 e. The molecule has 1 aliphatic heterocycles. The summed E-state index contributed by atoms with van der Waals surface area (Å²) < 4.78 is 9.26. The van der Waals surface area contributed by atoms with Gasteiger partial charge in [-0.2, -0.15) is 5.10 Å². The lowest BCUT2D eigenvalue weighted by atomic mass is 9.95. The van der Waals surface area contributed by atoms with E-state index < -0.39 is 12.0 Å². The fraction of sp³-hybridized carbons (Fsp3) is 0.333. The van der Waals surface area contributed by atoms with Crippen LogP contribution < -0.4 is 19.8 Å². The lowest BCUT2D eigenvalue weighted by Gasteiger charge is -2.25. The number of hydrogen-bond acceptors (Lipinski definition) is 7. The van der Waals surface area contributed by atoms with Gasteiger partial charge in [-0.15, -0.1) is 0 Å². The average molecular weight is 466 g/mol. The molecule has 172 valence electrons. The molecule has 1 atom stereocenters. The molecule has 0 aliphatic carbocycles. The van der Waals surface area contributed by atoms with Crippen molar-refractivity contribution in [1.29, 1.82) is 0 Å². The highest BCUT2D eigenvalue weighted by Gasteiger charge is 2.33. The predicted molar refractivity (Wildman–Crippen MR) is 129 cm³/mol. The number of aryl methyl sites for hydroxylation is 1. The highest BCUT2D eigenvalue weighted by Crippen LogP contribution is 2.31. The van der Waals surface area contributed by atoms with Crippen LogP contribution in [-0.4, -0.2) is 41.0 Å². The number of carbonyl (C=O) groups excluding carboxylic acids is 1. The summed E-state index contributed by atoms with van der Waals surface area (Å²) in [7, 11) is 3.93. The maximum Gasteiger partial charge on any atom is 0.338 e. The minimum atomic E-state index is -0.619. The van der Waals surface area contributed by atoms with Crippen molar-refractivity contribution in [1.82, 2.24) is 14.3 Å². The summed E-state index contributed by atoms with van der Waals surface area (Å²) in [5.74, 6) is -0.462. The van der Waals surface area contributed by atoms with E-state index >= 15 is 0 Å². The smallest absolute Gasteiger partial charge is 0.338 e. The van der Waals surface area contributed by atoms with Gasteiger partial charge >= 0.3 is 5.97 Å². The van der Waals surface area contributed by atoms with Crippen LogP contribution in [0.15, 0.2) is 57.6 Å². The number of thiazole rings is 1. The zero-order valence-electron chi connectivity index (χ0n) is 19.4. The Labute approximate surface area is 195 Å². The summed E-state index contributed by atoms with van der Waals surface area (Å²) in [4.78, 5) is 33.6. The largest absolute Gasteiger partial charge is 0.463 e. The standard InChI is InChI=1S/C24H27N5O3S/c1-6-28-13-12-17(26-28)14-19-22(30)29-21(16-8-10-18(11-9-16)27(4)5)20(23(31)32-7-2)15(3)25-24(29)33-19/h8-14,21H,6-7H2,1-5H3. The van der Waals surface area contributed by atoms with Gasteiger partial charge in [0.15, 0.2) is 4.80 Å². The van der Waals surface area contributed by atoms with Crippen molar-refractivity contribution >= 4 is 29.1 Å². The second kappa shape index (κ2) is 9.19. The number of rotatable bonds is 6. The fourth-order valence-electron chi connectivity index (χ4n) is 3.83. The van der Waals surface area contributed by atoms with Gasteiger partial charge in [-0.25, -0.2) is 9.79 Å². The molecule has 1 aliphatic rings. The van der Waals surface area contributed by atoms with Gasteiger partial charge < -0.3 is 9.64 Å². The van der Waals surface area contributed by atoms with Gasteiger partial charge in [0.05, 0.1) is 34.1 Å². The number of allylic oxidation sites excluding steroid dienone is 1. The average Bonchev–Trinajstić information content (AvgIpc) is 3.37. The van der Waals surface area contributed by atoms with Gasteiger partial charge in [0, 0.05) is 32.5 Å². The first-order valence-corrected chi connectivity index (χ1v) is 11.7. The summed E-state index contributed by atoms with van der Waals surface area (Å²) in [5, 5.41) is 4.46. The van der Waals surface area contributed by atoms with E-state index in [4.69, 9.17) is 4.74 Å². The van der Waals surface area contributed by atoms with Crippen molar-refractivity contribution in [3.8, 4) is 0 Å². The zero-order chi connectivity index (χ0) is 23.7. The van der Waals surface area contributed by atoms with Gasteiger partial charge in [0.25, 0.3) is 5.56 Å². The molecule has 0 saturated heterocycles. The molecule has 8 nitrogen and oxygen atoms in total. The van der Waals surface area contributed by atoms with Gasteiger partial charge in [0.1, 0.15) is 0 Å². The maximum absolute atomic E-state index is 13.6. The number of esters is 1. The molecule has 2 aromatic heterocycles. The second-order valence-electron chi connectivity index (χ2n) is 7.88. The van der Waals surface area contributed by atoms with E-state index in [0.717, 1.165) is 17.8 Å². The molecule has 3 aromatic rings. The Kier molecular flexibility index (Phi) is 6.33. The molecule has 0 radical (unpaired) electrons. The number of carbonyl (C=O) groups is 1. The molecule has 9 heteroatoms. The van der Waals surface area contributed by atoms with E-state index in [1.807, 2.05) is 62.4 Å². The van der Waals surface area contributed by atoms with Crippen molar-refractivity contribution in [3.63, 3.8) is 0 Å². The van der Waals surface area contributed by atoms with E-state index in [1.165, 1.54) is 11.3 Å². The monoisotopic (exact) mass is 465 g/mol. The van der Waals surface area contributed by atoms with E-state index in [2.05, 4.69) is 10.1 Å². The van der Waals surface area contributed by atoms with Crippen molar-refractivity contribution in [3.05, 3.63) is 78.7 Å². The molecule has 3 heterocycles. The number of nitrogens with zero attached hydrogens (tertiary/aromatic N) is 5. The van der Waals surface area contributed by atoms with Crippen LogP contribution in [-0.2, 0) is 16.1 Å². The van der Waals surface area contributed by atoms with Crippen LogP contribution in [0.5, 0.6) is 0 Å². The van der Waals surface area contributed by atoms with Gasteiger partial charge in [0.2, 0.25) is 0 Å². The molecule has 0 amide bonds. The molecule has 1 aromatic carbocycles. The van der Waals surface area contributed by atoms with Crippen molar-refractivity contribution in [2.75, 3.05) is 25.6 Å². The van der Waals surface area contributed by atoms with E-state index in [1.54, 1.807) is 29.2 Å². The zero-order valence-corrected chi connectivity index (χ0v) is 20.2. The number of anilines is 1. The molecular weight excluding hydrogens is 438 g/mol. The molecule has 4 rings (SSSR count). The van der Waals surface area contributed by atoms with Crippen LogP contribution in [0.25, 0.3) is 6.08 Å². The highest BCUT2D eigenvalue weighted by molar-refractivity contribution is 7.07. The third-order valence-electron chi connectivity index (χ3n) is 5.51. The third-order valence-corrected chi connectivity index (χ3v) is 6.49. The quantitative estimate of drug-likeness (QED) is 0.521. The lowest BCUT2D eigenvalue weighted by molar-refractivity contribution is -0.139. The lowest BCUT2D eigenvalue weighted by Crippen LogP contribution is -2.40. The minimum absolute atomic E-state index is 0.208. The van der Waals surface area contributed by atoms with Crippen LogP contribution in [0, 0.1) is 0 Å². The summed E-state index contributed by atoms with van der Waals surface area (Å²) in [6.07, 6.45) is 3.65. The first kappa shape index (κ1) is 22.7. The van der Waals surface area contributed by atoms with Crippen molar-refractivity contribution in [2.24, 2.45) is 4.99 Å². The molecule has 0 N–H and O–H groups in total. The first-order chi connectivity index (χ1) is 15.8. The summed E-state index contributed by atoms with van der Waals surface area (Å²) >= 11 is 1.30. The van der Waals surface area contributed by atoms with Crippen LogP contribution in [0.3, 0.4) is 0 Å². The van der Waals surface area contributed by atoms with E-state index in [9.17, 15) is 9.59 Å². The predicted octanol–water partition coefficient (Wildman–Crippen LogP) is 2.08. The molecule has 1 unspecified atom stereocenters.